The van der Waals surface area contributed by atoms with Crippen molar-refractivity contribution in [3.8, 4) is 0 Å². The summed E-state index contributed by atoms with van der Waals surface area (Å²) in [5.41, 5.74) is 2.34. The van der Waals surface area contributed by atoms with Gasteiger partial charge in [0.25, 0.3) is 0 Å². The standard InChI is InChI=1S/C15H21NO2/c1-4-10-16(11-12(3)15(17)18)14-9-7-6-8-13(14)5-2/h4,6-9,12H,1,5,10-11H2,2-3H3,(H,17,18). The molecule has 0 bridgehead atoms. The Morgan fingerprint density at radius 2 is 2.17 bits per heavy atom. The van der Waals surface area contributed by atoms with Crippen LogP contribution in [0.5, 0.6) is 0 Å². The van der Waals surface area contributed by atoms with Gasteiger partial charge in [0, 0.05) is 18.8 Å². The molecule has 0 amide bonds. The highest BCUT2D eigenvalue weighted by Crippen LogP contribution is 2.22. The normalized spacial score (nSPS) is 11.9. The predicted octanol–water partition coefficient (Wildman–Crippen LogP) is 2.96. The number of nitrogens with zero attached hydrogens (tertiary/aromatic N) is 1. The van der Waals surface area contributed by atoms with E-state index in [1.54, 1.807) is 13.0 Å². The van der Waals surface area contributed by atoms with Crippen molar-refractivity contribution in [2.45, 2.75) is 20.3 Å². The maximum atomic E-state index is 11.0. The molecule has 0 aromatic heterocycles. The molecule has 0 saturated heterocycles. The highest BCUT2D eigenvalue weighted by atomic mass is 16.4. The zero-order valence-corrected chi connectivity index (χ0v) is 11.1. The fourth-order valence-corrected chi connectivity index (χ4v) is 1.95. The second-order valence-corrected chi connectivity index (χ2v) is 4.42. The molecule has 1 aromatic rings. The van der Waals surface area contributed by atoms with Gasteiger partial charge in [0.2, 0.25) is 0 Å². The average Bonchev–Trinajstić information content (AvgIpc) is 2.38. The van der Waals surface area contributed by atoms with Crippen molar-refractivity contribution in [2.24, 2.45) is 5.92 Å². The van der Waals surface area contributed by atoms with E-state index < -0.39 is 11.9 Å². The second-order valence-electron chi connectivity index (χ2n) is 4.42. The number of anilines is 1. The zero-order chi connectivity index (χ0) is 13.5. The molecule has 0 aliphatic rings. The number of hydrogen-bond donors (Lipinski definition) is 1. The van der Waals surface area contributed by atoms with E-state index in [0.717, 1.165) is 12.1 Å². The van der Waals surface area contributed by atoms with Crippen molar-refractivity contribution < 1.29 is 9.90 Å². The van der Waals surface area contributed by atoms with Crippen molar-refractivity contribution in [1.82, 2.24) is 0 Å². The number of rotatable bonds is 7. The van der Waals surface area contributed by atoms with Gasteiger partial charge in [0.05, 0.1) is 5.92 Å². The summed E-state index contributed by atoms with van der Waals surface area (Å²) in [6.45, 7) is 8.74. The second kappa shape index (κ2) is 6.84. The van der Waals surface area contributed by atoms with Gasteiger partial charge in [-0.2, -0.15) is 0 Å². The lowest BCUT2D eigenvalue weighted by atomic mass is 10.1. The Morgan fingerprint density at radius 1 is 1.50 bits per heavy atom. The Hall–Kier alpha value is -1.77. The van der Waals surface area contributed by atoms with Gasteiger partial charge in [-0.15, -0.1) is 6.58 Å². The number of carboxylic acids is 1. The fraction of sp³-hybridized carbons (Fsp3) is 0.400. The van der Waals surface area contributed by atoms with E-state index in [4.69, 9.17) is 5.11 Å². The summed E-state index contributed by atoms with van der Waals surface area (Å²) >= 11 is 0. The molecule has 0 saturated carbocycles. The van der Waals surface area contributed by atoms with Crippen LogP contribution in [0.15, 0.2) is 36.9 Å². The molecule has 3 nitrogen and oxygen atoms in total. The van der Waals surface area contributed by atoms with Crippen LogP contribution >= 0.6 is 0 Å². The predicted molar refractivity (Wildman–Crippen MR) is 75.0 cm³/mol. The molecular formula is C15H21NO2. The van der Waals surface area contributed by atoms with Crippen LogP contribution in [0.25, 0.3) is 0 Å². The van der Waals surface area contributed by atoms with Gasteiger partial charge >= 0.3 is 5.97 Å². The summed E-state index contributed by atoms with van der Waals surface area (Å²) < 4.78 is 0. The Balaban J connectivity index is 2.96. The minimum absolute atomic E-state index is 0.394. The van der Waals surface area contributed by atoms with Crippen molar-refractivity contribution >= 4 is 11.7 Å². The molecule has 0 spiro atoms. The number of aryl methyl sites for hydroxylation is 1. The highest BCUT2D eigenvalue weighted by molar-refractivity contribution is 5.70. The Kier molecular flexibility index (Phi) is 5.43. The van der Waals surface area contributed by atoms with Crippen LogP contribution in [0, 0.1) is 5.92 Å². The van der Waals surface area contributed by atoms with E-state index in [9.17, 15) is 4.79 Å². The zero-order valence-electron chi connectivity index (χ0n) is 11.1. The molecule has 0 aliphatic carbocycles. The Labute approximate surface area is 109 Å². The largest absolute Gasteiger partial charge is 0.481 e. The fourth-order valence-electron chi connectivity index (χ4n) is 1.95. The van der Waals surface area contributed by atoms with Crippen molar-refractivity contribution in [1.29, 1.82) is 0 Å². The number of hydrogen-bond acceptors (Lipinski definition) is 2. The average molecular weight is 247 g/mol. The van der Waals surface area contributed by atoms with E-state index in [0.29, 0.717) is 13.1 Å². The van der Waals surface area contributed by atoms with E-state index in [-0.39, 0.29) is 0 Å². The first kappa shape index (κ1) is 14.3. The molecule has 1 rings (SSSR count). The van der Waals surface area contributed by atoms with Crippen LogP contribution < -0.4 is 4.90 Å². The van der Waals surface area contributed by atoms with Crippen LogP contribution in [0.4, 0.5) is 5.69 Å². The molecule has 3 heteroatoms. The van der Waals surface area contributed by atoms with Crippen LogP contribution in [-0.2, 0) is 11.2 Å². The van der Waals surface area contributed by atoms with Crippen LogP contribution in [0.3, 0.4) is 0 Å². The van der Waals surface area contributed by atoms with Crippen LogP contribution in [0.1, 0.15) is 19.4 Å². The van der Waals surface area contributed by atoms with Crippen LogP contribution in [-0.4, -0.2) is 24.2 Å². The van der Waals surface area contributed by atoms with E-state index in [2.05, 4.69) is 24.5 Å². The first-order chi connectivity index (χ1) is 8.60. The lowest BCUT2D eigenvalue weighted by Crippen LogP contribution is -2.32. The number of aliphatic carboxylic acids is 1. The summed E-state index contributed by atoms with van der Waals surface area (Å²) in [6, 6.07) is 8.11. The van der Waals surface area contributed by atoms with Gasteiger partial charge in [-0.25, -0.2) is 0 Å². The molecule has 1 unspecified atom stereocenters. The molecule has 0 fully saturated rings. The van der Waals surface area contributed by atoms with Gasteiger partial charge < -0.3 is 10.0 Å². The van der Waals surface area contributed by atoms with Crippen molar-refractivity contribution in [3.05, 3.63) is 42.5 Å². The van der Waals surface area contributed by atoms with E-state index >= 15 is 0 Å². The highest BCUT2D eigenvalue weighted by Gasteiger charge is 2.17. The topological polar surface area (TPSA) is 40.5 Å². The summed E-state index contributed by atoms with van der Waals surface area (Å²) in [4.78, 5) is 13.0. The van der Waals surface area contributed by atoms with Gasteiger partial charge in [0.1, 0.15) is 0 Å². The molecule has 18 heavy (non-hydrogen) atoms. The minimum Gasteiger partial charge on any atom is -0.481 e. The first-order valence-electron chi connectivity index (χ1n) is 6.26. The molecule has 0 aliphatic heterocycles. The van der Waals surface area contributed by atoms with Crippen molar-refractivity contribution in [3.63, 3.8) is 0 Å². The molecular weight excluding hydrogens is 226 g/mol. The third-order valence-corrected chi connectivity index (χ3v) is 2.98. The monoisotopic (exact) mass is 247 g/mol. The van der Waals surface area contributed by atoms with Crippen LogP contribution in [0.2, 0.25) is 0 Å². The maximum absolute atomic E-state index is 11.0. The Morgan fingerprint density at radius 3 is 2.72 bits per heavy atom. The van der Waals surface area contributed by atoms with E-state index in [1.807, 2.05) is 18.2 Å². The number of carbonyl (C=O) groups is 1. The first-order valence-corrected chi connectivity index (χ1v) is 6.26. The number of para-hydroxylation sites is 1. The third-order valence-electron chi connectivity index (χ3n) is 2.98. The van der Waals surface area contributed by atoms with Gasteiger partial charge in [-0.05, 0) is 18.1 Å². The van der Waals surface area contributed by atoms with Gasteiger partial charge in [-0.3, -0.25) is 4.79 Å². The van der Waals surface area contributed by atoms with Gasteiger partial charge in [0.15, 0.2) is 0 Å². The summed E-state index contributed by atoms with van der Waals surface area (Å²) in [5, 5.41) is 9.02. The van der Waals surface area contributed by atoms with Crippen molar-refractivity contribution in [2.75, 3.05) is 18.0 Å². The maximum Gasteiger partial charge on any atom is 0.308 e. The third kappa shape index (κ3) is 3.62. The van der Waals surface area contributed by atoms with E-state index in [1.165, 1.54) is 5.56 Å². The molecule has 98 valence electrons. The number of carboxylic acid groups (broad SMARTS) is 1. The number of benzene rings is 1. The Bertz CT molecular complexity index is 415. The summed E-state index contributed by atoms with van der Waals surface area (Å²) in [6.07, 6.45) is 2.74. The lowest BCUT2D eigenvalue weighted by molar-refractivity contribution is -0.140. The SMILES string of the molecule is C=CCN(CC(C)C(=O)O)c1ccccc1CC. The summed E-state index contributed by atoms with van der Waals surface area (Å²) in [7, 11) is 0. The van der Waals surface area contributed by atoms with Gasteiger partial charge in [-0.1, -0.05) is 38.1 Å². The molecule has 1 N–H and O–H groups in total. The minimum atomic E-state index is -0.766. The molecule has 0 heterocycles. The summed E-state index contributed by atoms with van der Waals surface area (Å²) in [5.74, 6) is -1.16. The molecule has 1 aromatic carbocycles. The lowest BCUT2D eigenvalue weighted by Gasteiger charge is -2.27. The molecule has 1 atom stereocenters. The smallest absolute Gasteiger partial charge is 0.308 e. The molecule has 0 radical (unpaired) electrons. The quantitative estimate of drug-likeness (QED) is 0.753.